The predicted molar refractivity (Wildman–Crippen MR) is 174 cm³/mol. The topological polar surface area (TPSA) is 26.3 Å². The average molecular weight is 587 g/mol. The molecule has 0 aliphatic heterocycles. The van der Waals surface area contributed by atoms with E-state index >= 15 is 0 Å². The summed E-state index contributed by atoms with van der Waals surface area (Å²) in [5, 5.41) is 0. The Balaban J connectivity index is 1.15. The first kappa shape index (κ1) is 30.0. The van der Waals surface area contributed by atoms with Gasteiger partial charge in [-0.05, 0) is 109 Å². The Morgan fingerprint density at radius 1 is 0.905 bits per heavy atom. The van der Waals surface area contributed by atoms with Gasteiger partial charge in [0.15, 0.2) is 0 Å². The number of carbonyl (C=O) groups excluding carboxylic acids is 1. The zero-order chi connectivity index (χ0) is 29.5. The number of ether oxygens (including phenoxy) is 1. The average Bonchev–Trinajstić information content (AvgIpc) is 3.34. The van der Waals surface area contributed by atoms with Gasteiger partial charge in [0, 0.05) is 19.3 Å². The summed E-state index contributed by atoms with van der Waals surface area (Å²) in [7, 11) is 0. The lowest BCUT2D eigenvalue weighted by Gasteiger charge is -2.64. The van der Waals surface area contributed by atoms with Crippen molar-refractivity contribution in [2.24, 2.45) is 40.4 Å². The van der Waals surface area contributed by atoms with E-state index in [1.54, 1.807) is 0 Å². The molecule has 4 saturated carbocycles. The first-order valence-electron chi connectivity index (χ1n) is 16.8. The first-order chi connectivity index (χ1) is 20.1. The van der Waals surface area contributed by atoms with E-state index in [0.29, 0.717) is 23.2 Å². The van der Waals surface area contributed by atoms with Crippen LogP contribution in [0.1, 0.15) is 109 Å². The first-order valence-corrected chi connectivity index (χ1v) is 17.1. The van der Waals surface area contributed by atoms with E-state index in [1.807, 2.05) is 0 Å². The van der Waals surface area contributed by atoms with Crippen LogP contribution in [-0.4, -0.2) is 16.9 Å². The summed E-state index contributed by atoms with van der Waals surface area (Å²) >= 11 is 7.55. The molecule has 4 aliphatic rings. The standard InChI is InChI=1S/C39H51ClO2/c1-27(12-11-17-32(29-13-7-5-8-14-29)30-15-9-6-10-16-30)34-18-19-35-33-21-25-39(40)26-31(42-28(2)41)20-24-38(39,4)36(33)22-23-37(34,35)3/h5-11,13-17,27,31-36H,12,18-26H2,1-4H3/t27-,31+,33+,34-,35-,36-,37-,38-,39+/m1/s1. The van der Waals surface area contributed by atoms with Crippen molar-refractivity contribution in [2.45, 2.75) is 109 Å². The zero-order valence-corrected chi connectivity index (χ0v) is 27.0. The van der Waals surface area contributed by atoms with Crippen LogP contribution in [-0.2, 0) is 9.53 Å². The number of hydrogen-bond acceptors (Lipinski definition) is 2. The second-order valence-electron chi connectivity index (χ2n) is 14.9. The highest BCUT2D eigenvalue weighted by molar-refractivity contribution is 6.24. The molecule has 0 bridgehead atoms. The molecule has 2 aromatic rings. The molecule has 0 aromatic heterocycles. The van der Waals surface area contributed by atoms with Crippen molar-refractivity contribution >= 4 is 17.6 Å². The van der Waals surface area contributed by atoms with Gasteiger partial charge in [0.05, 0.1) is 4.87 Å². The molecule has 2 aromatic carbocycles. The van der Waals surface area contributed by atoms with Gasteiger partial charge in [0.1, 0.15) is 6.10 Å². The van der Waals surface area contributed by atoms with E-state index in [2.05, 4.69) is 93.6 Å². The van der Waals surface area contributed by atoms with Crippen molar-refractivity contribution in [3.05, 3.63) is 83.9 Å². The number of fused-ring (bicyclic) bond motifs is 5. The number of rotatable bonds is 7. The second kappa shape index (κ2) is 11.8. The van der Waals surface area contributed by atoms with E-state index in [-0.39, 0.29) is 22.4 Å². The molecule has 4 fully saturated rings. The molecule has 0 radical (unpaired) electrons. The molecule has 226 valence electrons. The zero-order valence-electron chi connectivity index (χ0n) is 26.2. The van der Waals surface area contributed by atoms with Gasteiger partial charge >= 0.3 is 5.97 Å². The quantitative estimate of drug-likeness (QED) is 0.183. The minimum Gasteiger partial charge on any atom is -0.462 e. The summed E-state index contributed by atoms with van der Waals surface area (Å²) in [4.78, 5) is 11.5. The van der Waals surface area contributed by atoms with E-state index in [4.69, 9.17) is 16.3 Å². The molecule has 0 spiro atoms. The van der Waals surface area contributed by atoms with Gasteiger partial charge in [-0.1, -0.05) is 93.6 Å². The van der Waals surface area contributed by atoms with E-state index in [9.17, 15) is 4.79 Å². The molecule has 9 atom stereocenters. The summed E-state index contributed by atoms with van der Waals surface area (Å²) in [5.41, 5.74) is 3.31. The van der Waals surface area contributed by atoms with Crippen LogP contribution in [0.15, 0.2) is 72.8 Å². The maximum absolute atomic E-state index is 11.7. The van der Waals surface area contributed by atoms with Crippen LogP contribution in [0.2, 0.25) is 0 Å². The Bertz CT molecular complexity index is 1220. The third-order valence-electron chi connectivity index (χ3n) is 12.9. The van der Waals surface area contributed by atoms with Crippen molar-refractivity contribution in [1.82, 2.24) is 0 Å². The third-order valence-corrected chi connectivity index (χ3v) is 13.7. The Hall–Kier alpha value is -2.06. The molecule has 0 heterocycles. The highest BCUT2D eigenvalue weighted by Gasteiger charge is 2.64. The highest BCUT2D eigenvalue weighted by atomic mass is 35.5. The number of alkyl halides is 1. The molecule has 42 heavy (non-hydrogen) atoms. The van der Waals surface area contributed by atoms with Gasteiger partial charge in [-0.15, -0.1) is 11.6 Å². The third kappa shape index (κ3) is 5.29. The molecular weight excluding hydrogens is 536 g/mol. The Kier molecular flexibility index (Phi) is 8.42. The maximum Gasteiger partial charge on any atom is 0.302 e. The number of halogens is 1. The van der Waals surface area contributed by atoms with Crippen LogP contribution in [0.4, 0.5) is 0 Å². The van der Waals surface area contributed by atoms with Crippen molar-refractivity contribution < 1.29 is 9.53 Å². The van der Waals surface area contributed by atoms with Gasteiger partial charge < -0.3 is 4.74 Å². The van der Waals surface area contributed by atoms with Gasteiger partial charge in [-0.2, -0.15) is 0 Å². The SMILES string of the molecule is CC(=O)O[C@H]1CC[C@]2(C)[C@@H]3CC[C@@]4(C)[C@H](CC[C@@H]4[C@H](C)CC=CC(c4ccccc4)c4ccccc4)[C@@H]3CC[C@]2(Cl)C1. The summed E-state index contributed by atoms with van der Waals surface area (Å²) in [6, 6.07) is 21.9. The van der Waals surface area contributed by atoms with Crippen molar-refractivity contribution in [3.8, 4) is 0 Å². The molecule has 6 rings (SSSR count). The lowest BCUT2D eigenvalue weighted by atomic mass is 9.44. The molecule has 0 saturated heterocycles. The van der Waals surface area contributed by atoms with Crippen molar-refractivity contribution in [2.75, 3.05) is 0 Å². The van der Waals surface area contributed by atoms with Gasteiger partial charge in [-0.3, -0.25) is 4.79 Å². The monoisotopic (exact) mass is 586 g/mol. The largest absolute Gasteiger partial charge is 0.462 e. The van der Waals surface area contributed by atoms with Gasteiger partial charge in [0.2, 0.25) is 0 Å². The molecule has 0 unspecified atom stereocenters. The van der Waals surface area contributed by atoms with Crippen molar-refractivity contribution in [1.29, 1.82) is 0 Å². The smallest absolute Gasteiger partial charge is 0.302 e. The Morgan fingerprint density at radius 3 is 2.21 bits per heavy atom. The second-order valence-corrected chi connectivity index (χ2v) is 15.7. The highest BCUT2D eigenvalue weighted by Crippen LogP contribution is 2.70. The van der Waals surface area contributed by atoms with Crippen LogP contribution < -0.4 is 0 Å². The fourth-order valence-corrected chi connectivity index (χ4v) is 11.3. The summed E-state index contributed by atoms with van der Waals surface area (Å²) < 4.78 is 5.68. The minimum absolute atomic E-state index is 0.00775. The number of hydrogen-bond donors (Lipinski definition) is 0. The Morgan fingerprint density at radius 2 is 1.57 bits per heavy atom. The van der Waals surface area contributed by atoms with Crippen LogP contribution in [0.3, 0.4) is 0 Å². The normalized spacial score (nSPS) is 38.5. The predicted octanol–water partition coefficient (Wildman–Crippen LogP) is 10.4. The lowest BCUT2D eigenvalue weighted by Crippen LogP contribution is -2.60. The van der Waals surface area contributed by atoms with E-state index in [0.717, 1.165) is 49.9 Å². The van der Waals surface area contributed by atoms with Crippen molar-refractivity contribution in [3.63, 3.8) is 0 Å². The summed E-state index contributed by atoms with van der Waals surface area (Å²) in [6.07, 6.45) is 16.7. The minimum atomic E-state index is -0.232. The fraction of sp³-hybridized carbons (Fsp3) is 0.615. The fourth-order valence-electron chi connectivity index (χ4n) is 10.8. The number of esters is 1. The molecule has 3 heteroatoms. The molecule has 2 nitrogen and oxygen atoms in total. The maximum atomic E-state index is 11.7. The van der Waals surface area contributed by atoms with Crippen LogP contribution in [0, 0.1) is 40.4 Å². The summed E-state index contributed by atoms with van der Waals surface area (Å²) in [5.74, 6) is 3.92. The summed E-state index contributed by atoms with van der Waals surface area (Å²) in [6.45, 7) is 9.22. The molecular formula is C39H51ClO2. The molecule has 0 N–H and O–H groups in total. The van der Waals surface area contributed by atoms with Crippen LogP contribution >= 0.6 is 11.6 Å². The number of benzene rings is 2. The van der Waals surface area contributed by atoms with Crippen LogP contribution in [0.5, 0.6) is 0 Å². The lowest BCUT2D eigenvalue weighted by molar-refractivity contribution is -0.157. The van der Waals surface area contributed by atoms with E-state index < -0.39 is 0 Å². The van der Waals surface area contributed by atoms with E-state index in [1.165, 1.54) is 50.2 Å². The number of carbonyl (C=O) groups is 1. The van der Waals surface area contributed by atoms with Gasteiger partial charge in [-0.25, -0.2) is 0 Å². The Labute approximate surface area is 259 Å². The van der Waals surface area contributed by atoms with Gasteiger partial charge in [0.25, 0.3) is 0 Å². The molecule has 0 amide bonds. The van der Waals surface area contributed by atoms with Crippen LogP contribution in [0.25, 0.3) is 0 Å². The molecule has 4 aliphatic carbocycles. The number of allylic oxidation sites excluding steroid dienone is 2.